The number of nitrogens with zero attached hydrogens (tertiary/aromatic N) is 3. The number of carbonyl (C=O) groups excluding carboxylic acids is 3. The normalized spacial score (nSPS) is 23.9. The van der Waals surface area contributed by atoms with E-state index in [0.29, 0.717) is 54.9 Å². The number of thiophene rings is 1. The van der Waals surface area contributed by atoms with Gasteiger partial charge in [0.15, 0.2) is 5.69 Å². The zero-order chi connectivity index (χ0) is 27.2. The first kappa shape index (κ1) is 28.3. The van der Waals surface area contributed by atoms with Crippen LogP contribution < -0.4 is 11.1 Å². The number of hydrogen-bond acceptors (Lipinski definition) is 7. The van der Waals surface area contributed by atoms with Crippen LogP contribution >= 0.6 is 11.3 Å². The number of rotatable bonds is 9. The van der Waals surface area contributed by atoms with Gasteiger partial charge in [-0.3, -0.25) is 14.4 Å². The number of likely N-dealkylation sites (tertiary alicyclic amines) is 1. The van der Waals surface area contributed by atoms with Crippen LogP contribution in [0.2, 0.25) is 0 Å². The van der Waals surface area contributed by atoms with Crippen LogP contribution in [-0.2, 0) is 4.79 Å². The highest BCUT2D eigenvalue weighted by Gasteiger charge is 2.40. The van der Waals surface area contributed by atoms with E-state index in [1.807, 2.05) is 16.3 Å². The van der Waals surface area contributed by atoms with Crippen LogP contribution in [0.4, 0.5) is 0 Å². The summed E-state index contributed by atoms with van der Waals surface area (Å²) in [4.78, 5) is 44.6. The van der Waals surface area contributed by atoms with Gasteiger partial charge in [0, 0.05) is 31.7 Å². The Kier molecular flexibility index (Phi) is 9.59. The third-order valence-electron chi connectivity index (χ3n) is 7.85. The van der Waals surface area contributed by atoms with Gasteiger partial charge in [-0.1, -0.05) is 25.1 Å². The maximum absolute atomic E-state index is 13.6. The van der Waals surface area contributed by atoms with Crippen LogP contribution in [0.25, 0.3) is 0 Å². The molecule has 9 nitrogen and oxygen atoms in total. The molecular formula is C28H41N5O4S. The van der Waals surface area contributed by atoms with Crippen LogP contribution in [0, 0.1) is 24.7 Å². The first-order valence-electron chi connectivity index (χ1n) is 13.8. The van der Waals surface area contributed by atoms with Crippen LogP contribution in [0.5, 0.6) is 0 Å². The molecule has 3 amide bonds. The molecule has 0 radical (unpaired) electrons. The summed E-state index contributed by atoms with van der Waals surface area (Å²) >= 11 is 1.38. The van der Waals surface area contributed by atoms with Gasteiger partial charge in [0.05, 0.1) is 4.88 Å². The molecule has 3 N–H and O–H groups in total. The van der Waals surface area contributed by atoms with Crippen molar-refractivity contribution in [3.05, 3.63) is 39.9 Å². The molecule has 2 aromatic rings. The van der Waals surface area contributed by atoms with Crippen molar-refractivity contribution in [3.8, 4) is 0 Å². The molecule has 208 valence electrons. The Labute approximate surface area is 229 Å². The molecule has 2 fully saturated rings. The fourth-order valence-electron chi connectivity index (χ4n) is 5.70. The minimum absolute atomic E-state index is 0.129. The van der Waals surface area contributed by atoms with Crippen molar-refractivity contribution in [2.45, 2.75) is 71.4 Å². The SMILES string of the molecule is Cc1cc(C(=O)N(CC(C)C)C2CCN(C(=O)c3cccs3)[C@@H](C(=O)NCC3CCC(CN)CC3)C2)no1. The third-order valence-corrected chi connectivity index (χ3v) is 8.70. The first-order chi connectivity index (χ1) is 18.3. The summed E-state index contributed by atoms with van der Waals surface area (Å²) in [6, 6.07) is 4.45. The maximum Gasteiger partial charge on any atom is 0.276 e. The molecule has 4 rings (SSSR count). The van der Waals surface area contributed by atoms with Crippen molar-refractivity contribution in [3.63, 3.8) is 0 Å². The fourth-order valence-corrected chi connectivity index (χ4v) is 6.38. The highest BCUT2D eigenvalue weighted by molar-refractivity contribution is 7.12. The van der Waals surface area contributed by atoms with Crippen LogP contribution in [0.15, 0.2) is 28.1 Å². The van der Waals surface area contributed by atoms with Gasteiger partial charge >= 0.3 is 0 Å². The molecule has 1 saturated heterocycles. The van der Waals surface area contributed by atoms with Crippen molar-refractivity contribution >= 4 is 29.1 Å². The highest BCUT2D eigenvalue weighted by atomic mass is 32.1. The van der Waals surface area contributed by atoms with Gasteiger partial charge in [-0.25, -0.2) is 0 Å². The van der Waals surface area contributed by atoms with Crippen LogP contribution in [0.3, 0.4) is 0 Å². The molecular weight excluding hydrogens is 502 g/mol. The second-order valence-electron chi connectivity index (χ2n) is 11.2. The predicted molar refractivity (Wildman–Crippen MR) is 147 cm³/mol. The van der Waals surface area contributed by atoms with Gasteiger partial charge in [0.25, 0.3) is 11.8 Å². The lowest BCUT2D eigenvalue weighted by Gasteiger charge is -2.43. The van der Waals surface area contributed by atoms with E-state index in [9.17, 15) is 14.4 Å². The number of carbonyl (C=O) groups is 3. The molecule has 2 aromatic heterocycles. The molecule has 0 spiro atoms. The van der Waals surface area contributed by atoms with E-state index in [0.717, 1.165) is 32.2 Å². The number of aryl methyl sites for hydroxylation is 1. The van der Waals surface area contributed by atoms with E-state index in [1.54, 1.807) is 24.0 Å². The molecule has 2 atom stereocenters. The quantitative estimate of drug-likeness (QED) is 0.497. The molecule has 0 aromatic carbocycles. The van der Waals surface area contributed by atoms with E-state index in [-0.39, 0.29) is 35.4 Å². The van der Waals surface area contributed by atoms with E-state index >= 15 is 0 Å². The second-order valence-corrected chi connectivity index (χ2v) is 12.2. The molecule has 1 unspecified atom stereocenters. The standard InChI is InChI=1S/C28H41N5O4S/c1-18(2)17-33(27(35)23-13-19(3)37-31-23)22-10-11-32(28(36)25-5-4-12-38-25)24(14-22)26(34)30-16-21-8-6-20(15-29)7-9-21/h4-5,12-13,18,20-22,24H,6-11,14-17,29H2,1-3H3,(H,30,34)/t20?,21?,22?,24-/m1/s1. The zero-order valence-corrected chi connectivity index (χ0v) is 23.5. The number of piperidine rings is 1. The monoisotopic (exact) mass is 543 g/mol. The van der Waals surface area contributed by atoms with Crippen molar-refractivity contribution in [1.82, 2.24) is 20.3 Å². The molecule has 1 aliphatic heterocycles. The average Bonchev–Trinajstić information content (AvgIpc) is 3.62. The van der Waals surface area contributed by atoms with Gasteiger partial charge in [-0.05, 0) is 81.2 Å². The number of hydrogen-bond donors (Lipinski definition) is 2. The Bertz CT molecular complexity index is 1080. The van der Waals surface area contributed by atoms with Crippen molar-refractivity contribution in [2.75, 3.05) is 26.2 Å². The summed E-state index contributed by atoms with van der Waals surface area (Å²) in [7, 11) is 0. The lowest BCUT2D eigenvalue weighted by molar-refractivity contribution is -0.127. The zero-order valence-electron chi connectivity index (χ0n) is 22.7. The molecule has 10 heteroatoms. The topological polar surface area (TPSA) is 122 Å². The van der Waals surface area contributed by atoms with Gasteiger partial charge < -0.3 is 25.4 Å². The molecule has 1 aliphatic carbocycles. The average molecular weight is 544 g/mol. The Balaban J connectivity index is 1.50. The van der Waals surface area contributed by atoms with Crippen LogP contribution in [0.1, 0.15) is 78.3 Å². The summed E-state index contributed by atoms with van der Waals surface area (Å²) in [5.74, 6) is 1.34. The summed E-state index contributed by atoms with van der Waals surface area (Å²) in [6.07, 6.45) is 5.29. The van der Waals surface area contributed by atoms with Gasteiger partial charge in [-0.2, -0.15) is 0 Å². The first-order valence-corrected chi connectivity index (χ1v) is 14.7. The Hall–Kier alpha value is -2.72. The minimum atomic E-state index is -0.648. The number of amides is 3. The van der Waals surface area contributed by atoms with Gasteiger partial charge in [-0.15, -0.1) is 11.3 Å². The number of nitrogens with one attached hydrogen (secondary N) is 1. The van der Waals surface area contributed by atoms with Gasteiger partial charge in [0.2, 0.25) is 5.91 Å². The van der Waals surface area contributed by atoms with E-state index in [1.165, 1.54) is 11.3 Å². The summed E-state index contributed by atoms with van der Waals surface area (Å²) < 4.78 is 5.16. The smallest absolute Gasteiger partial charge is 0.276 e. The summed E-state index contributed by atoms with van der Waals surface area (Å²) in [5, 5.41) is 8.97. The third kappa shape index (κ3) is 6.83. The van der Waals surface area contributed by atoms with E-state index < -0.39 is 6.04 Å². The lowest BCUT2D eigenvalue weighted by atomic mass is 9.82. The Morgan fingerprint density at radius 1 is 1.21 bits per heavy atom. The van der Waals surface area contributed by atoms with E-state index in [4.69, 9.17) is 10.3 Å². The predicted octanol–water partition coefficient (Wildman–Crippen LogP) is 3.70. The molecule has 1 saturated carbocycles. The molecule has 3 heterocycles. The maximum atomic E-state index is 13.6. The minimum Gasteiger partial charge on any atom is -0.361 e. The number of nitrogens with two attached hydrogens (primary N) is 1. The van der Waals surface area contributed by atoms with Crippen molar-refractivity contribution in [1.29, 1.82) is 0 Å². The fraction of sp³-hybridized carbons (Fsp3) is 0.643. The number of aromatic nitrogens is 1. The van der Waals surface area contributed by atoms with Crippen molar-refractivity contribution < 1.29 is 18.9 Å². The van der Waals surface area contributed by atoms with Crippen molar-refractivity contribution in [2.24, 2.45) is 23.5 Å². The Morgan fingerprint density at radius 2 is 1.95 bits per heavy atom. The largest absolute Gasteiger partial charge is 0.361 e. The van der Waals surface area contributed by atoms with Gasteiger partial charge in [0.1, 0.15) is 11.8 Å². The summed E-state index contributed by atoms with van der Waals surface area (Å²) in [5.41, 5.74) is 6.11. The van der Waals surface area contributed by atoms with E-state index in [2.05, 4.69) is 24.3 Å². The molecule has 38 heavy (non-hydrogen) atoms. The molecule has 2 aliphatic rings. The second kappa shape index (κ2) is 12.9. The lowest BCUT2D eigenvalue weighted by Crippen LogP contribution is -2.58. The Morgan fingerprint density at radius 3 is 2.55 bits per heavy atom. The highest BCUT2D eigenvalue weighted by Crippen LogP contribution is 2.29. The van der Waals surface area contributed by atoms with Crippen LogP contribution in [-0.4, -0.2) is 70.9 Å². The molecule has 0 bridgehead atoms. The summed E-state index contributed by atoms with van der Waals surface area (Å²) in [6.45, 7) is 8.15.